The van der Waals surface area contributed by atoms with Crippen molar-refractivity contribution in [3.05, 3.63) is 65.0 Å². The molecule has 0 aliphatic carbocycles. The van der Waals surface area contributed by atoms with Crippen LogP contribution in [0.15, 0.2) is 42.5 Å². The van der Waals surface area contributed by atoms with E-state index in [0.29, 0.717) is 5.56 Å². The number of hydrogen-bond acceptors (Lipinski definition) is 1. The average molecular weight is 243 g/mol. The third-order valence-electron chi connectivity index (χ3n) is 3.24. The molecule has 94 valence electrons. The Morgan fingerprint density at radius 1 is 1.00 bits per heavy atom. The van der Waals surface area contributed by atoms with Gasteiger partial charge in [-0.05, 0) is 36.6 Å². The van der Waals surface area contributed by atoms with Gasteiger partial charge < -0.3 is 5.32 Å². The number of hydrogen-bond donors (Lipinski definition) is 1. The standard InChI is InChI=1S/C16H18FN/c1-3-13-7-4-5-8-14(13)11-18-16-10-6-9-15(17)12(16)2/h4-10,18H,3,11H2,1-2H3. The Hall–Kier alpha value is -1.83. The molecule has 0 aromatic heterocycles. The largest absolute Gasteiger partial charge is 0.381 e. The summed E-state index contributed by atoms with van der Waals surface area (Å²) in [6.45, 7) is 4.67. The first kappa shape index (κ1) is 12.6. The molecule has 0 saturated heterocycles. The van der Waals surface area contributed by atoms with Crippen LogP contribution in [0.3, 0.4) is 0 Å². The first-order chi connectivity index (χ1) is 8.72. The molecule has 0 aliphatic heterocycles. The molecule has 2 rings (SSSR count). The highest BCUT2D eigenvalue weighted by Gasteiger charge is 2.04. The van der Waals surface area contributed by atoms with Gasteiger partial charge >= 0.3 is 0 Å². The molecule has 2 aromatic rings. The monoisotopic (exact) mass is 243 g/mol. The minimum Gasteiger partial charge on any atom is -0.381 e. The molecule has 0 radical (unpaired) electrons. The van der Waals surface area contributed by atoms with Crippen molar-refractivity contribution in [1.82, 2.24) is 0 Å². The fourth-order valence-corrected chi connectivity index (χ4v) is 2.06. The average Bonchev–Trinajstić information content (AvgIpc) is 2.41. The van der Waals surface area contributed by atoms with Crippen LogP contribution in [0.1, 0.15) is 23.6 Å². The van der Waals surface area contributed by atoms with Crippen LogP contribution in [0.5, 0.6) is 0 Å². The lowest BCUT2D eigenvalue weighted by Crippen LogP contribution is -2.04. The quantitative estimate of drug-likeness (QED) is 0.843. The summed E-state index contributed by atoms with van der Waals surface area (Å²) < 4.78 is 13.4. The minimum atomic E-state index is -0.163. The first-order valence-corrected chi connectivity index (χ1v) is 6.28. The third-order valence-corrected chi connectivity index (χ3v) is 3.24. The van der Waals surface area contributed by atoms with E-state index >= 15 is 0 Å². The number of aryl methyl sites for hydroxylation is 1. The van der Waals surface area contributed by atoms with Gasteiger partial charge in [0.05, 0.1) is 0 Å². The van der Waals surface area contributed by atoms with E-state index in [2.05, 4.69) is 30.4 Å². The molecule has 0 amide bonds. The molecule has 2 aromatic carbocycles. The highest BCUT2D eigenvalue weighted by Crippen LogP contribution is 2.19. The zero-order chi connectivity index (χ0) is 13.0. The van der Waals surface area contributed by atoms with Crippen molar-refractivity contribution in [2.75, 3.05) is 5.32 Å². The van der Waals surface area contributed by atoms with Crippen molar-refractivity contribution in [2.24, 2.45) is 0 Å². The molecule has 2 heteroatoms. The van der Waals surface area contributed by atoms with Gasteiger partial charge in [0.1, 0.15) is 5.82 Å². The molecule has 0 bridgehead atoms. The molecule has 0 saturated carbocycles. The molecule has 18 heavy (non-hydrogen) atoms. The molecule has 1 nitrogen and oxygen atoms in total. The van der Waals surface area contributed by atoms with Gasteiger partial charge in [-0.1, -0.05) is 37.3 Å². The second kappa shape index (κ2) is 5.67. The molecule has 1 N–H and O–H groups in total. The second-order valence-corrected chi connectivity index (χ2v) is 4.39. The summed E-state index contributed by atoms with van der Waals surface area (Å²) in [4.78, 5) is 0. The molecule has 0 unspecified atom stereocenters. The maximum Gasteiger partial charge on any atom is 0.128 e. The summed E-state index contributed by atoms with van der Waals surface area (Å²) in [5.41, 5.74) is 4.13. The van der Waals surface area contributed by atoms with Gasteiger partial charge in [-0.3, -0.25) is 0 Å². The number of nitrogens with one attached hydrogen (secondary N) is 1. The van der Waals surface area contributed by atoms with Gasteiger partial charge in [-0.2, -0.15) is 0 Å². The highest BCUT2D eigenvalue weighted by atomic mass is 19.1. The minimum absolute atomic E-state index is 0.163. The predicted octanol–water partition coefficient (Wildman–Crippen LogP) is 4.31. The van der Waals surface area contributed by atoms with E-state index in [4.69, 9.17) is 0 Å². The van der Waals surface area contributed by atoms with Crippen LogP contribution in [0.4, 0.5) is 10.1 Å². The Bertz CT molecular complexity index is 534. The van der Waals surface area contributed by atoms with E-state index in [1.807, 2.05) is 12.1 Å². The van der Waals surface area contributed by atoms with Gasteiger partial charge in [0.2, 0.25) is 0 Å². The van der Waals surface area contributed by atoms with Crippen LogP contribution in [0.25, 0.3) is 0 Å². The van der Waals surface area contributed by atoms with Crippen molar-refractivity contribution >= 4 is 5.69 Å². The maximum absolute atomic E-state index is 13.4. The Labute approximate surface area is 108 Å². The van der Waals surface area contributed by atoms with Crippen LogP contribution in [-0.4, -0.2) is 0 Å². The van der Waals surface area contributed by atoms with E-state index in [-0.39, 0.29) is 5.82 Å². The highest BCUT2D eigenvalue weighted by molar-refractivity contribution is 5.51. The van der Waals surface area contributed by atoms with Crippen LogP contribution < -0.4 is 5.32 Å². The topological polar surface area (TPSA) is 12.0 Å². The van der Waals surface area contributed by atoms with Crippen LogP contribution in [0.2, 0.25) is 0 Å². The normalized spacial score (nSPS) is 10.4. The lowest BCUT2D eigenvalue weighted by atomic mass is 10.1. The van der Waals surface area contributed by atoms with Gasteiger partial charge in [-0.15, -0.1) is 0 Å². The molecular weight excluding hydrogens is 225 g/mol. The molecule has 0 atom stereocenters. The van der Waals surface area contributed by atoms with Gasteiger partial charge in [0.15, 0.2) is 0 Å². The van der Waals surface area contributed by atoms with Crippen molar-refractivity contribution < 1.29 is 4.39 Å². The second-order valence-electron chi connectivity index (χ2n) is 4.39. The number of benzene rings is 2. The fraction of sp³-hybridized carbons (Fsp3) is 0.250. The summed E-state index contributed by atoms with van der Waals surface area (Å²) >= 11 is 0. The SMILES string of the molecule is CCc1ccccc1CNc1cccc(F)c1C. The Balaban J connectivity index is 2.14. The summed E-state index contributed by atoms with van der Waals surface area (Å²) in [5.74, 6) is -0.163. The van der Waals surface area contributed by atoms with Crippen molar-refractivity contribution in [3.8, 4) is 0 Å². The van der Waals surface area contributed by atoms with Crippen molar-refractivity contribution in [2.45, 2.75) is 26.8 Å². The smallest absolute Gasteiger partial charge is 0.128 e. The van der Waals surface area contributed by atoms with Gasteiger partial charge in [0.25, 0.3) is 0 Å². The van der Waals surface area contributed by atoms with E-state index in [1.165, 1.54) is 17.2 Å². The Morgan fingerprint density at radius 2 is 1.72 bits per heavy atom. The van der Waals surface area contributed by atoms with Crippen LogP contribution in [-0.2, 0) is 13.0 Å². The molecule has 0 heterocycles. The Kier molecular flexibility index (Phi) is 3.98. The van der Waals surface area contributed by atoms with Crippen molar-refractivity contribution in [3.63, 3.8) is 0 Å². The lowest BCUT2D eigenvalue weighted by molar-refractivity contribution is 0.619. The Morgan fingerprint density at radius 3 is 2.44 bits per heavy atom. The number of rotatable bonds is 4. The summed E-state index contributed by atoms with van der Waals surface area (Å²) in [5, 5.41) is 3.30. The summed E-state index contributed by atoms with van der Waals surface area (Å²) in [6.07, 6.45) is 1.01. The predicted molar refractivity (Wildman–Crippen MR) is 74.3 cm³/mol. The van der Waals surface area contributed by atoms with Gasteiger partial charge in [0, 0.05) is 17.8 Å². The van der Waals surface area contributed by atoms with E-state index in [1.54, 1.807) is 13.0 Å². The van der Waals surface area contributed by atoms with Gasteiger partial charge in [-0.25, -0.2) is 4.39 Å². The third kappa shape index (κ3) is 2.70. The number of halogens is 1. The molecular formula is C16H18FN. The van der Waals surface area contributed by atoms with E-state index < -0.39 is 0 Å². The van der Waals surface area contributed by atoms with E-state index in [0.717, 1.165) is 18.7 Å². The lowest BCUT2D eigenvalue weighted by Gasteiger charge is -2.12. The molecule has 0 fully saturated rings. The summed E-state index contributed by atoms with van der Waals surface area (Å²) in [6, 6.07) is 13.5. The van der Waals surface area contributed by atoms with Crippen molar-refractivity contribution in [1.29, 1.82) is 0 Å². The van der Waals surface area contributed by atoms with Crippen LogP contribution in [0, 0.1) is 12.7 Å². The molecule has 0 aliphatic rings. The van der Waals surface area contributed by atoms with E-state index in [9.17, 15) is 4.39 Å². The fourth-order valence-electron chi connectivity index (χ4n) is 2.06. The summed E-state index contributed by atoms with van der Waals surface area (Å²) in [7, 11) is 0. The zero-order valence-corrected chi connectivity index (χ0v) is 10.8. The number of anilines is 1. The molecule has 0 spiro atoms. The first-order valence-electron chi connectivity index (χ1n) is 6.28. The van der Waals surface area contributed by atoms with Crippen LogP contribution >= 0.6 is 0 Å². The maximum atomic E-state index is 13.4. The zero-order valence-electron chi connectivity index (χ0n) is 10.8.